The second-order valence-electron chi connectivity index (χ2n) is 9.64. The van der Waals surface area contributed by atoms with E-state index in [1.54, 1.807) is 0 Å². The highest BCUT2D eigenvalue weighted by molar-refractivity contribution is 5.13. The molecular formula is C20H35N. The summed E-state index contributed by atoms with van der Waals surface area (Å²) in [4.78, 5) is 0. The van der Waals surface area contributed by atoms with E-state index in [9.17, 15) is 0 Å². The Morgan fingerprint density at radius 2 is 1.57 bits per heavy atom. The van der Waals surface area contributed by atoms with Crippen LogP contribution in [-0.2, 0) is 0 Å². The van der Waals surface area contributed by atoms with Gasteiger partial charge in [0, 0.05) is 12.1 Å². The van der Waals surface area contributed by atoms with Crippen LogP contribution in [0.25, 0.3) is 0 Å². The lowest BCUT2D eigenvalue weighted by molar-refractivity contribution is 0.0911. The number of hydrogen-bond donors (Lipinski definition) is 1. The van der Waals surface area contributed by atoms with Crippen LogP contribution >= 0.6 is 0 Å². The van der Waals surface area contributed by atoms with Gasteiger partial charge in [0.1, 0.15) is 0 Å². The molecule has 0 spiro atoms. The Morgan fingerprint density at radius 1 is 0.810 bits per heavy atom. The zero-order valence-electron chi connectivity index (χ0n) is 14.5. The predicted molar refractivity (Wildman–Crippen MR) is 89.2 cm³/mol. The molecule has 21 heavy (non-hydrogen) atoms. The highest BCUT2D eigenvalue weighted by atomic mass is 15.0. The molecule has 0 aromatic heterocycles. The molecule has 2 bridgehead atoms. The van der Waals surface area contributed by atoms with Gasteiger partial charge in [-0.05, 0) is 67.1 Å². The smallest absolute Gasteiger partial charge is 0.0131 e. The van der Waals surface area contributed by atoms with Crippen molar-refractivity contribution < 1.29 is 0 Å². The SMILES string of the molecule is CC1(C)C2CCC1(C)C(NC1CCC3CCCCC3C1)C2. The maximum atomic E-state index is 4.18. The van der Waals surface area contributed by atoms with Crippen LogP contribution in [0.2, 0.25) is 0 Å². The fourth-order valence-corrected chi connectivity index (χ4v) is 6.77. The maximum Gasteiger partial charge on any atom is 0.0131 e. The Hall–Kier alpha value is -0.0400. The van der Waals surface area contributed by atoms with Gasteiger partial charge < -0.3 is 5.32 Å². The minimum atomic E-state index is 0.557. The molecule has 0 aliphatic heterocycles. The molecule has 1 N–H and O–H groups in total. The average Bonchev–Trinajstić information content (AvgIpc) is 2.80. The summed E-state index contributed by atoms with van der Waals surface area (Å²) in [6, 6.07) is 1.64. The highest BCUT2D eigenvalue weighted by Crippen LogP contribution is 2.65. The van der Waals surface area contributed by atoms with E-state index in [0.29, 0.717) is 10.8 Å². The van der Waals surface area contributed by atoms with Crippen molar-refractivity contribution >= 4 is 0 Å². The molecule has 1 nitrogen and oxygen atoms in total. The zero-order valence-corrected chi connectivity index (χ0v) is 14.5. The lowest BCUT2D eigenvalue weighted by atomic mass is 9.67. The summed E-state index contributed by atoms with van der Waals surface area (Å²) < 4.78 is 0. The molecule has 0 saturated heterocycles. The second-order valence-corrected chi connectivity index (χ2v) is 9.64. The number of fused-ring (bicyclic) bond motifs is 3. The van der Waals surface area contributed by atoms with Gasteiger partial charge in [0.25, 0.3) is 0 Å². The summed E-state index contributed by atoms with van der Waals surface area (Å²) in [7, 11) is 0. The Morgan fingerprint density at radius 3 is 2.24 bits per heavy atom. The predicted octanol–water partition coefficient (Wildman–Crippen LogP) is 5.15. The summed E-state index contributed by atoms with van der Waals surface area (Å²) in [6.07, 6.45) is 14.9. The first-order chi connectivity index (χ1) is 10.0. The van der Waals surface area contributed by atoms with Gasteiger partial charge in [0.15, 0.2) is 0 Å². The fourth-order valence-electron chi connectivity index (χ4n) is 6.77. The second kappa shape index (κ2) is 4.98. The molecule has 0 aromatic rings. The van der Waals surface area contributed by atoms with Crippen LogP contribution in [0.4, 0.5) is 0 Å². The first-order valence-electron chi connectivity index (χ1n) is 9.77. The minimum Gasteiger partial charge on any atom is -0.311 e. The van der Waals surface area contributed by atoms with Crippen LogP contribution in [0.3, 0.4) is 0 Å². The third kappa shape index (κ3) is 2.13. The first kappa shape index (κ1) is 14.5. The van der Waals surface area contributed by atoms with Crippen molar-refractivity contribution in [2.24, 2.45) is 28.6 Å². The van der Waals surface area contributed by atoms with E-state index in [4.69, 9.17) is 0 Å². The van der Waals surface area contributed by atoms with Gasteiger partial charge in [-0.3, -0.25) is 0 Å². The molecule has 4 aliphatic rings. The van der Waals surface area contributed by atoms with Gasteiger partial charge in [-0.25, -0.2) is 0 Å². The van der Waals surface area contributed by atoms with Crippen LogP contribution in [0, 0.1) is 28.6 Å². The van der Waals surface area contributed by atoms with Crippen LogP contribution in [0.15, 0.2) is 0 Å². The molecule has 6 atom stereocenters. The first-order valence-corrected chi connectivity index (χ1v) is 9.77. The van der Waals surface area contributed by atoms with Crippen LogP contribution in [0.1, 0.15) is 85.0 Å². The van der Waals surface area contributed by atoms with Crippen molar-refractivity contribution in [1.29, 1.82) is 0 Å². The molecule has 4 fully saturated rings. The van der Waals surface area contributed by atoms with Crippen molar-refractivity contribution in [3.05, 3.63) is 0 Å². The zero-order chi connectivity index (χ0) is 14.7. The third-order valence-corrected chi connectivity index (χ3v) is 8.77. The molecular weight excluding hydrogens is 254 g/mol. The van der Waals surface area contributed by atoms with Gasteiger partial charge in [-0.2, -0.15) is 0 Å². The van der Waals surface area contributed by atoms with E-state index in [-0.39, 0.29) is 0 Å². The lowest BCUT2D eigenvalue weighted by Gasteiger charge is -2.44. The minimum absolute atomic E-state index is 0.557. The molecule has 0 aromatic carbocycles. The topological polar surface area (TPSA) is 12.0 Å². The average molecular weight is 290 g/mol. The van der Waals surface area contributed by atoms with Crippen LogP contribution < -0.4 is 5.32 Å². The third-order valence-electron chi connectivity index (χ3n) is 8.77. The van der Waals surface area contributed by atoms with E-state index in [0.717, 1.165) is 29.8 Å². The standard InChI is InChI=1S/C20H35N/c1-19(2)16-10-11-20(19,3)18(13-16)21-17-9-8-14-6-4-5-7-15(14)12-17/h14-18,21H,4-13H2,1-3H3. The van der Waals surface area contributed by atoms with Crippen molar-refractivity contribution in [3.8, 4) is 0 Å². The van der Waals surface area contributed by atoms with E-state index in [1.807, 2.05) is 0 Å². The molecule has 0 amide bonds. The van der Waals surface area contributed by atoms with Gasteiger partial charge in [-0.15, -0.1) is 0 Å². The van der Waals surface area contributed by atoms with Gasteiger partial charge in [0.2, 0.25) is 0 Å². The highest BCUT2D eigenvalue weighted by Gasteiger charge is 2.61. The molecule has 6 unspecified atom stereocenters. The molecule has 0 heterocycles. The van der Waals surface area contributed by atoms with E-state index in [2.05, 4.69) is 26.1 Å². The number of hydrogen-bond acceptors (Lipinski definition) is 1. The summed E-state index contributed by atoms with van der Waals surface area (Å²) in [5, 5.41) is 4.18. The summed E-state index contributed by atoms with van der Waals surface area (Å²) >= 11 is 0. The quantitative estimate of drug-likeness (QED) is 0.741. The monoisotopic (exact) mass is 289 g/mol. The van der Waals surface area contributed by atoms with Crippen LogP contribution in [-0.4, -0.2) is 12.1 Å². The van der Waals surface area contributed by atoms with Gasteiger partial charge in [-0.1, -0.05) is 46.5 Å². The van der Waals surface area contributed by atoms with Crippen molar-refractivity contribution in [1.82, 2.24) is 5.32 Å². The molecule has 0 radical (unpaired) electrons. The number of nitrogens with one attached hydrogen (secondary N) is 1. The summed E-state index contributed by atoms with van der Waals surface area (Å²) in [5.41, 5.74) is 1.12. The Balaban J connectivity index is 1.41. The Bertz CT molecular complexity index is 401. The van der Waals surface area contributed by atoms with Gasteiger partial charge in [0.05, 0.1) is 0 Å². The lowest BCUT2D eigenvalue weighted by Crippen LogP contribution is -2.50. The normalized spacial score (nSPS) is 51.9. The largest absolute Gasteiger partial charge is 0.311 e. The summed E-state index contributed by atoms with van der Waals surface area (Å²) in [6.45, 7) is 7.68. The maximum absolute atomic E-state index is 4.18. The van der Waals surface area contributed by atoms with E-state index >= 15 is 0 Å². The molecule has 4 saturated carbocycles. The van der Waals surface area contributed by atoms with Gasteiger partial charge >= 0.3 is 0 Å². The molecule has 120 valence electrons. The van der Waals surface area contributed by atoms with E-state index in [1.165, 1.54) is 64.2 Å². The molecule has 4 aliphatic carbocycles. The van der Waals surface area contributed by atoms with Crippen molar-refractivity contribution in [2.75, 3.05) is 0 Å². The van der Waals surface area contributed by atoms with Crippen molar-refractivity contribution in [3.63, 3.8) is 0 Å². The fraction of sp³-hybridized carbons (Fsp3) is 1.00. The summed E-state index contributed by atoms with van der Waals surface area (Å²) in [5.74, 6) is 3.12. The van der Waals surface area contributed by atoms with Crippen LogP contribution in [0.5, 0.6) is 0 Å². The molecule has 1 heteroatoms. The number of rotatable bonds is 2. The Labute approximate surface area is 131 Å². The van der Waals surface area contributed by atoms with E-state index < -0.39 is 0 Å². The van der Waals surface area contributed by atoms with Crippen molar-refractivity contribution in [2.45, 2.75) is 97.1 Å². The molecule has 4 rings (SSSR count). The Kier molecular flexibility index (Phi) is 3.45.